The first-order valence-corrected chi connectivity index (χ1v) is 7.33. The molecule has 1 aliphatic heterocycles. The molecule has 5 nitrogen and oxygen atoms in total. The molecular weight excluding hydrogens is 266 g/mol. The van der Waals surface area contributed by atoms with Crippen molar-refractivity contribution in [2.45, 2.75) is 20.0 Å². The number of morpholine rings is 1. The second-order valence-electron chi connectivity index (χ2n) is 5.44. The van der Waals surface area contributed by atoms with E-state index in [-0.39, 0.29) is 11.9 Å². The Hall–Kier alpha value is -1.85. The van der Waals surface area contributed by atoms with Crippen LogP contribution in [-0.4, -0.2) is 47.5 Å². The molecule has 0 spiro atoms. The molecule has 1 fully saturated rings. The number of aromatic nitrogens is 1. The van der Waals surface area contributed by atoms with E-state index in [2.05, 4.69) is 22.1 Å². The highest BCUT2D eigenvalue weighted by Gasteiger charge is 2.17. The van der Waals surface area contributed by atoms with Crippen molar-refractivity contribution in [3.8, 4) is 5.75 Å². The second-order valence-corrected chi connectivity index (χ2v) is 5.44. The molecular formula is C16H21N3O2. The van der Waals surface area contributed by atoms with Crippen LogP contribution in [0, 0.1) is 6.92 Å². The molecule has 1 atom stereocenters. The average Bonchev–Trinajstić information content (AvgIpc) is 2.50. The summed E-state index contributed by atoms with van der Waals surface area (Å²) in [5.41, 5.74) is 2.55. The Labute approximate surface area is 124 Å². The summed E-state index contributed by atoms with van der Waals surface area (Å²) >= 11 is 0. The number of benzene rings is 1. The first kappa shape index (κ1) is 14.1. The SMILES string of the molecule is Cc1nc2c(O)cccc2cc1NC(C)N1CCOCC1. The largest absolute Gasteiger partial charge is 0.506 e. The van der Waals surface area contributed by atoms with Gasteiger partial charge in [0.2, 0.25) is 0 Å². The third kappa shape index (κ3) is 2.94. The quantitative estimate of drug-likeness (QED) is 0.907. The summed E-state index contributed by atoms with van der Waals surface area (Å²) in [5, 5.41) is 14.3. The van der Waals surface area contributed by atoms with Crippen LogP contribution in [0.5, 0.6) is 5.75 Å². The molecule has 1 aromatic carbocycles. The highest BCUT2D eigenvalue weighted by atomic mass is 16.5. The molecule has 1 aromatic heterocycles. The molecule has 2 aromatic rings. The summed E-state index contributed by atoms with van der Waals surface area (Å²) in [5.74, 6) is 0.225. The van der Waals surface area contributed by atoms with Crippen LogP contribution in [0.3, 0.4) is 0 Å². The van der Waals surface area contributed by atoms with Gasteiger partial charge in [-0.05, 0) is 26.0 Å². The van der Waals surface area contributed by atoms with Crippen LogP contribution in [0.4, 0.5) is 5.69 Å². The van der Waals surface area contributed by atoms with Gasteiger partial charge >= 0.3 is 0 Å². The third-order valence-corrected chi connectivity index (χ3v) is 3.97. The summed E-state index contributed by atoms with van der Waals surface area (Å²) in [6, 6.07) is 7.52. The number of hydrogen-bond acceptors (Lipinski definition) is 5. The number of pyridine rings is 1. The zero-order chi connectivity index (χ0) is 14.8. The van der Waals surface area contributed by atoms with Crippen LogP contribution in [0.2, 0.25) is 0 Å². The van der Waals surface area contributed by atoms with Gasteiger partial charge in [0.1, 0.15) is 11.3 Å². The number of nitrogens with one attached hydrogen (secondary N) is 1. The normalized spacial score (nSPS) is 17.8. The molecule has 0 aliphatic carbocycles. The molecule has 112 valence electrons. The number of phenols is 1. The summed E-state index contributed by atoms with van der Waals surface area (Å²) in [6.07, 6.45) is 0.226. The number of fused-ring (bicyclic) bond motifs is 1. The van der Waals surface area contributed by atoms with Crippen molar-refractivity contribution < 1.29 is 9.84 Å². The van der Waals surface area contributed by atoms with Crippen molar-refractivity contribution in [2.24, 2.45) is 0 Å². The number of aromatic hydroxyl groups is 1. The second kappa shape index (κ2) is 5.87. The number of anilines is 1. The Balaban J connectivity index is 1.84. The zero-order valence-corrected chi connectivity index (χ0v) is 12.5. The minimum absolute atomic E-state index is 0.225. The molecule has 1 saturated heterocycles. The molecule has 2 heterocycles. The molecule has 1 unspecified atom stereocenters. The van der Waals surface area contributed by atoms with Crippen LogP contribution in [0.25, 0.3) is 10.9 Å². The number of phenolic OH excluding ortho intramolecular Hbond substituents is 1. The van der Waals surface area contributed by atoms with Crippen molar-refractivity contribution in [1.29, 1.82) is 0 Å². The molecule has 0 radical (unpaired) electrons. The molecule has 1 aliphatic rings. The van der Waals surface area contributed by atoms with Crippen LogP contribution in [0.15, 0.2) is 24.3 Å². The van der Waals surface area contributed by atoms with E-state index in [0.29, 0.717) is 5.52 Å². The lowest BCUT2D eigenvalue weighted by Gasteiger charge is -2.33. The van der Waals surface area contributed by atoms with E-state index in [0.717, 1.165) is 43.1 Å². The van der Waals surface area contributed by atoms with Gasteiger partial charge in [-0.2, -0.15) is 0 Å². The van der Waals surface area contributed by atoms with E-state index < -0.39 is 0 Å². The summed E-state index contributed by atoms with van der Waals surface area (Å²) in [4.78, 5) is 6.87. The van der Waals surface area contributed by atoms with E-state index in [1.807, 2.05) is 25.1 Å². The molecule has 21 heavy (non-hydrogen) atoms. The van der Waals surface area contributed by atoms with Gasteiger partial charge in [0, 0.05) is 18.5 Å². The van der Waals surface area contributed by atoms with E-state index in [4.69, 9.17) is 4.74 Å². The summed E-state index contributed by atoms with van der Waals surface area (Å²) in [7, 11) is 0. The smallest absolute Gasteiger partial charge is 0.141 e. The van der Waals surface area contributed by atoms with Crippen molar-refractivity contribution in [2.75, 3.05) is 31.6 Å². The molecule has 3 rings (SSSR count). The van der Waals surface area contributed by atoms with E-state index >= 15 is 0 Å². The van der Waals surface area contributed by atoms with Gasteiger partial charge in [-0.15, -0.1) is 0 Å². The molecule has 0 amide bonds. The van der Waals surface area contributed by atoms with Crippen molar-refractivity contribution in [1.82, 2.24) is 9.88 Å². The van der Waals surface area contributed by atoms with E-state index in [1.165, 1.54) is 0 Å². The van der Waals surface area contributed by atoms with Crippen LogP contribution < -0.4 is 5.32 Å². The summed E-state index contributed by atoms with van der Waals surface area (Å²) in [6.45, 7) is 7.56. The van der Waals surface area contributed by atoms with Gasteiger partial charge in [0.05, 0.1) is 30.8 Å². The standard InChI is InChI=1S/C16H21N3O2/c1-11-14(18-12(2)19-6-8-21-9-7-19)10-13-4-3-5-15(20)16(13)17-11/h3-5,10,12,18,20H,6-9H2,1-2H3. The molecule has 2 N–H and O–H groups in total. The van der Waals surface area contributed by atoms with Gasteiger partial charge in [0.25, 0.3) is 0 Å². The van der Waals surface area contributed by atoms with Crippen molar-refractivity contribution in [3.63, 3.8) is 0 Å². The number of nitrogens with zero attached hydrogens (tertiary/aromatic N) is 2. The Morgan fingerprint density at radius 1 is 1.33 bits per heavy atom. The van der Waals surface area contributed by atoms with Gasteiger partial charge in [-0.1, -0.05) is 12.1 Å². The Morgan fingerprint density at radius 3 is 2.86 bits per heavy atom. The number of aryl methyl sites for hydroxylation is 1. The maximum atomic E-state index is 9.87. The van der Waals surface area contributed by atoms with Crippen molar-refractivity contribution in [3.05, 3.63) is 30.0 Å². The first-order valence-electron chi connectivity index (χ1n) is 7.33. The molecule has 5 heteroatoms. The lowest BCUT2D eigenvalue weighted by atomic mass is 10.1. The molecule has 0 saturated carbocycles. The Kier molecular flexibility index (Phi) is 3.94. The van der Waals surface area contributed by atoms with E-state index in [1.54, 1.807) is 6.07 Å². The highest BCUT2D eigenvalue weighted by molar-refractivity contribution is 5.87. The number of ether oxygens (including phenoxy) is 1. The zero-order valence-electron chi connectivity index (χ0n) is 12.5. The molecule has 0 bridgehead atoms. The minimum Gasteiger partial charge on any atom is -0.506 e. The predicted molar refractivity (Wildman–Crippen MR) is 83.6 cm³/mol. The van der Waals surface area contributed by atoms with Crippen LogP contribution in [-0.2, 0) is 4.74 Å². The van der Waals surface area contributed by atoms with Gasteiger partial charge in [-0.25, -0.2) is 4.98 Å². The van der Waals surface area contributed by atoms with E-state index in [9.17, 15) is 5.11 Å². The van der Waals surface area contributed by atoms with Gasteiger partial charge in [0.15, 0.2) is 0 Å². The highest BCUT2D eigenvalue weighted by Crippen LogP contribution is 2.27. The number of para-hydroxylation sites is 1. The fourth-order valence-corrected chi connectivity index (χ4v) is 2.70. The average molecular weight is 287 g/mol. The Morgan fingerprint density at radius 2 is 2.10 bits per heavy atom. The maximum absolute atomic E-state index is 9.87. The Bertz CT molecular complexity index is 639. The predicted octanol–water partition coefficient (Wildman–Crippen LogP) is 2.34. The lowest BCUT2D eigenvalue weighted by molar-refractivity contribution is 0.0254. The lowest BCUT2D eigenvalue weighted by Crippen LogP contribution is -2.45. The monoisotopic (exact) mass is 287 g/mol. The fourth-order valence-electron chi connectivity index (χ4n) is 2.70. The number of rotatable bonds is 3. The van der Waals surface area contributed by atoms with Crippen molar-refractivity contribution >= 4 is 16.6 Å². The maximum Gasteiger partial charge on any atom is 0.141 e. The van der Waals surface area contributed by atoms with Gasteiger partial charge in [-0.3, -0.25) is 4.90 Å². The summed E-state index contributed by atoms with van der Waals surface area (Å²) < 4.78 is 5.39. The number of hydrogen-bond donors (Lipinski definition) is 2. The fraction of sp³-hybridized carbons (Fsp3) is 0.438. The first-order chi connectivity index (χ1) is 10.1. The van der Waals surface area contributed by atoms with Crippen LogP contribution >= 0.6 is 0 Å². The van der Waals surface area contributed by atoms with Gasteiger partial charge < -0.3 is 15.2 Å². The topological polar surface area (TPSA) is 57.6 Å². The minimum atomic E-state index is 0.225. The van der Waals surface area contributed by atoms with Crippen LogP contribution in [0.1, 0.15) is 12.6 Å². The third-order valence-electron chi connectivity index (χ3n) is 3.97.